The first-order chi connectivity index (χ1) is 8.69. The second-order valence-electron chi connectivity index (χ2n) is 5.89. The molecule has 0 saturated carbocycles. The van der Waals surface area contributed by atoms with Gasteiger partial charge in [-0.05, 0) is 12.1 Å². The summed E-state index contributed by atoms with van der Waals surface area (Å²) in [7, 11) is 4.07. The van der Waals surface area contributed by atoms with Crippen LogP contribution in [0.25, 0.3) is 0 Å². The summed E-state index contributed by atoms with van der Waals surface area (Å²) >= 11 is 0. The minimum atomic E-state index is -0.748. The van der Waals surface area contributed by atoms with Crippen molar-refractivity contribution >= 4 is 5.91 Å². The van der Waals surface area contributed by atoms with Crippen molar-refractivity contribution < 1.29 is 18.5 Å². The first-order valence-corrected chi connectivity index (χ1v) is 6.23. The first kappa shape index (κ1) is 15.6. The van der Waals surface area contributed by atoms with Gasteiger partial charge in [0.05, 0.1) is 20.6 Å². The summed E-state index contributed by atoms with van der Waals surface area (Å²) in [5.41, 5.74) is -0.0779. The average Bonchev–Trinajstić information content (AvgIpc) is 2.22. The van der Waals surface area contributed by atoms with E-state index in [1.807, 2.05) is 27.9 Å². The minimum Gasteiger partial charge on any atom is -0.351 e. The third-order valence-corrected chi connectivity index (χ3v) is 2.68. The van der Waals surface area contributed by atoms with Gasteiger partial charge in [-0.2, -0.15) is 0 Å². The molecule has 0 atom stereocenters. The van der Waals surface area contributed by atoms with Gasteiger partial charge in [0.1, 0.15) is 11.6 Å². The van der Waals surface area contributed by atoms with Crippen molar-refractivity contribution in [3.8, 4) is 0 Å². The van der Waals surface area contributed by atoms with E-state index in [2.05, 4.69) is 5.32 Å². The van der Waals surface area contributed by atoms with Crippen molar-refractivity contribution in [1.82, 2.24) is 5.32 Å². The van der Waals surface area contributed by atoms with Crippen LogP contribution < -0.4 is 10.2 Å². The molecule has 0 radical (unpaired) electrons. The largest absolute Gasteiger partial charge is 0.351 e. The zero-order chi connectivity index (χ0) is 14.6. The molecule has 0 aliphatic carbocycles. The van der Waals surface area contributed by atoms with Crippen molar-refractivity contribution in [1.29, 1.82) is 0 Å². The third-order valence-electron chi connectivity index (χ3n) is 2.68. The van der Waals surface area contributed by atoms with Gasteiger partial charge in [0.2, 0.25) is 0 Å². The lowest BCUT2D eigenvalue weighted by Gasteiger charge is -2.26. The zero-order valence-electron chi connectivity index (χ0n) is 11.8. The van der Waals surface area contributed by atoms with E-state index in [0.29, 0.717) is 6.54 Å². The molecule has 5 heteroatoms. The number of carbonyl (C=O) groups excluding carboxylic acids is 1. The van der Waals surface area contributed by atoms with Gasteiger partial charge in [-0.15, -0.1) is 0 Å². The highest BCUT2D eigenvalue weighted by Gasteiger charge is 2.22. The lowest BCUT2D eigenvalue weighted by atomic mass is 9.93. The van der Waals surface area contributed by atoms with Crippen LogP contribution in [-0.4, -0.2) is 33.1 Å². The van der Waals surface area contributed by atoms with Gasteiger partial charge < -0.3 is 10.2 Å². The third kappa shape index (κ3) is 5.34. The van der Waals surface area contributed by atoms with Crippen LogP contribution in [0.2, 0.25) is 0 Å². The number of benzene rings is 1. The molecular formula is C14H21F2N2O+. The predicted molar refractivity (Wildman–Crippen MR) is 70.1 cm³/mol. The van der Waals surface area contributed by atoms with E-state index in [-0.39, 0.29) is 11.0 Å². The van der Waals surface area contributed by atoms with Gasteiger partial charge >= 0.3 is 0 Å². The maximum Gasteiger partial charge on any atom is 0.251 e. The number of rotatable bonds is 5. The summed E-state index contributed by atoms with van der Waals surface area (Å²) in [5.74, 6) is -1.95. The molecule has 0 bridgehead atoms. The maximum absolute atomic E-state index is 13.0. The predicted octanol–water partition coefficient (Wildman–Crippen LogP) is 0.865. The van der Waals surface area contributed by atoms with Gasteiger partial charge in [-0.3, -0.25) is 4.79 Å². The molecule has 0 aliphatic heterocycles. The highest BCUT2D eigenvalue weighted by molar-refractivity contribution is 5.94. The standard InChI is InChI=1S/C14H20F2N2O/c1-14(2,9-18(3)4)8-17-13(19)10-5-11(15)7-12(16)6-10/h5-7H,8-9H2,1-4H3,(H,17,19)/p+1. The van der Waals surface area contributed by atoms with Crippen molar-refractivity contribution in [3.63, 3.8) is 0 Å². The van der Waals surface area contributed by atoms with Gasteiger partial charge in [-0.25, -0.2) is 8.78 Å². The van der Waals surface area contributed by atoms with E-state index in [0.717, 1.165) is 24.7 Å². The molecule has 0 aromatic heterocycles. The zero-order valence-corrected chi connectivity index (χ0v) is 11.8. The highest BCUT2D eigenvalue weighted by Crippen LogP contribution is 2.12. The summed E-state index contributed by atoms with van der Waals surface area (Å²) in [6.07, 6.45) is 0. The van der Waals surface area contributed by atoms with E-state index >= 15 is 0 Å². The van der Waals surface area contributed by atoms with Crippen LogP contribution in [0.1, 0.15) is 24.2 Å². The van der Waals surface area contributed by atoms with Crippen molar-refractivity contribution in [2.24, 2.45) is 5.41 Å². The summed E-state index contributed by atoms with van der Waals surface area (Å²) in [5, 5.41) is 2.71. The van der Waals surface area contributed by atoms with Crippen molar-refractivity contribution in [2.45, 2.75) is 13.8 Å². The number of nitrogens with one attached hydrogen (secondary N) is 2. The van der Waals surface area contributed by atoms with Crippen LogP contribution >= 0.6 is 0 Å². The molecule has 1 aromatic carbocycles. The molecule has 0 fully saturated rings. The van der Waals surface area contributed by atoms with Crippen molar-refractivity contribution in [2.75, 3.05) is 27.2 Å². The molecule has 3 nitrogen and oxygen atoms in total. The Bertz CT molecular complexity index is 439. The number of hydrogen-bond acceptors (Lipinski definition) is 1. The second-order valence-corrected chi connectivity index (χ2v) is 5.89. The Labute approximate surface area is 112 Å². The van der Waals surface area contributed by atoms with E-state index in [1.165, 1.54) is 4.90 Å². The average molecular weight is 271 g/mol. The maximum atomic E-state index is 13.0. The Kier molecular flexibility index (Phi) is 5.00. The molecule has 0 heterocycles. The number of carbonyl (C=O) groups is 1. The number of quaternary nitrogens is 1. The fourth-order valence-corrected chi connectivity index (χ4v) is 2.13. The quantitative estimate of drug-likeness (QED) is 0.818. The monoisotopic (exact) mass is 271 g/mol. The Morgan fingerprint density at radius 2 is 1.74 bits per heavy atom. The molecule has 1 rings (SSSR count). The highest BCUT2D eigenvalue weighted by atomic mass is 19.1. The summed E-state index contributed by atoms with van der Waals surface area (Å²) in [6, 6.07) is 2.81. The molecule has 0 unspecified atom stereocenters. The smallest absolute Gasteiger partial charge is 0.251 e. The van der Waals surface area contributed by atoms with Crippen LogP contribution in [0.3, 0.4) is 0 Å². The fraction of sp³-hybridized carbons (Fsp3) is 0.500. The van der Waals surface area contributed by atoms with Crippen LogP contribution in [-0.2, 0) is 0 Å². The number of halogens is 2. The topological polar surface area (TPSA) is 33.5 Å². The van der Waals surface area contributed by atoms with Crippen LogP contribution in [0.5, 0.6) is 0 Å². The van der Waals surface area contributed by atoms with Crippen LogP contribution in [0.4, 0.5) is 8.78 Å². The molecule has 0 spiro atoms. The number of hydrogen-bond donors (Lipinski definition) is 2. The van der Waals surface area contributed by atoms with Gasteiger partial charge in [-0.1, -0.05) is 13.8 Å². The van der Waals surface area contributed by atoms with Gasteiger partial charge in [0, 0.05) is 23.6 Å². The number of amides is 1. The Morgan fingerprint density at radius 1 is 1.21 bits per heavy atom. The van der Waals surface area contributed by atoms with E-state index in [1.54, 1.807) is 0 Å². The molecular weight excluding hydrogens is 250 g/mol. The van der Waals surface area contributed by atoms with Crippen LogP contribution in [0.15, 0.2) is 18.2 Å². The fourth-order valence-electron chi connectivity index (χ4n) is 2.13. The molecule has 2 N–H and O–H groups in total. The van der Waals surface area contributed by atoms with E-state index in [9.17, 15) is 13.6 Å². The van der Waals surface area contributed by atoms with E-state index < -0.39 is 17.5 Å². The Hall–Kier alpha value is -1.49. The first-order valence-electron chi connectivity index (χ1n) is 6.23. The minimum absolute atomic E-state index is 0.00509. The Balaban J connectivity index is 2.65. The molecule has 1 aromatic rings. The normalized spacial score (nSPS) is 11.7. The molecule has 106 valence electrons. The summed E-state index contributed by atoms with van der Waals surface area (Å²) < 4.78 is 26.0. The SMILES string of the molecule is C[NH+](C)CC(C)(C)CNC(=O)c1cc(F)cc(F)c1. The van der Waals surface area contributed by atoms with Gasteiger partial charge in [0.15, 0.2) is 0 Å². The summed E-state index contributed by atoms with van der Waals surface area (Å²) in [4.78, 5) is 13.1. The molecule has 1 amide bonds. The van der Waals surface area contributed by atoms with Crippen LogP contribution in [0, 0.1) is 17.0 Å². The molecule has 19 heavy (non-hydrogen) atoms. The molecule has 0 aliphatic rings. The van der Waals surface area contributed by atoms with Crippen molar-refractivity contribution in [3.05, 3.63) is 35.4 Å². The molecule has 0 saturated heterocycles. The second kappa shape index (κ2) is 6.10. The summed E-state index contributed by atoms with van der Waals surface area (Å²) in [6.45, 7) is 5.40. The Morgan fingerprint density at radius 3 is 2.21 bits per heavy atom. The van der Waals surface area contributed by atoms with Gasteiger partial charge in [0.25, 0.3) is 5.91 Å². The van der Waals surface area contributed by atoms with E-state index in [4.69, 9.17) is 0 Å². The lowest BCUT2D eigenvalue weighted by molar-refractivity contribution is -0.865. The lowest BCUT2D eigenvalue weighted by Crippen LogP contribution is -3.07.